The Bertz CT molecular complexity index is 922. The Morgan fingerprint density at radius 3 is 2.59 bits per heavy atom. The fraction of sp³-hybridized carbons (Fsp3) is 0.577. The van der Waals surface area contributed by atoms with Crippen LogP contribution in [-0.2, 0) is 19.1 Å². The molecule has 34 heavy (non-hydrogen) atoms. The van der Waals surface area contributed by atoms with Crippen LogP contribution in [0, 0.1) is 11.8 Å². The van der Waals surface area contributed by atoms with Crippen molar-refractivity contribution >= 4 is 29.3 Å². The molecule has 3 atom stereocenters. The van der Waals surface area contributed by atoms with Gasteiger partial charge >= 0.3 is 5.97 Å². The average Bonchev–Trinajstić information content (AvgIpc) is 2.83. The molecule has 1 aromatic rings. The summed E-state index contributed by atoms with van der Waals surface area (Å²) < 4.78 is 10.9. The number of rotatable bonds is 4. The lowest BCUT2D eigenvalue weighted by Crippen LogP contribution is -2.31. The van der Waals surface area contributed by atoms with Gasteiger partial charge in [-0.05, 0) is 69.2 Å². The van der Waals surface area contributed by atoms with Crippen LogP contribution in [0.2, 0.25) is 0 Å². The van der Waals surface area contributed by atoms with Gasteiger partial charge in [-0.2, -0.15) is 0 Å². The van der Waals surface area contributed by atoms with Crippen LogP contribution in [0.25, 0.3) is 6.08 Å². The van der Waals surface area contributed by atoms with E-state index in [-0.39, 0.29) is 30.1 Å². The minimum Gasteiger partial charge on any atom is -0.507 e. The predicted octanol–water partition coefficient (Wildman–Crippen LogP) is 3.34. The summed E-state index contributed by atoms with van der Waals surface area (Å²) in [5, 5.41) is 17.5. The Kier molecular flexibility index (Phi) is 9.24. The third kappa shape index (κ3) is 6.67. The first kappa shape index (κ1) is 25.9. The average molecular weight is 473 g/mol. The molecule has 1 saturated heterocycles. The summed E-state index contributed by atoms with van der Waals surface area (Å²) in [6.45, 7) is 6.37. The van der Waals surface area contributed by atoms with Crippen molar-refractivity contribution < 1.29 is 29.0 Å². The molecule has 0 spiro atoms. The lowest BCUT2D eigenvalue weighted by Gasteiger charge is -2.24. The summed E-state index contributed by atoms with van der Waals surface area (Å²) in [6, 6.07) is 3.34. The Labute approximate surface area is 201 Å². The van der Waals surface area contributed by atoms with Gasteiger partial charge < -0.3 is 25.2 Å². The van der Waals surface area contributed by atoms with Crippen molar-refractivity contribution in [3.05, 3.63) is 29.3 Å². The summed E-state index contributed by atoms with van der Waals surface area (Å²) in [6.07, 6.45) is 4.78. The van der Waals surface area contributed by atoms with Crippen LogP contribution in [-0.4, -0.2) is 61.6 Å². The quantitative estimate of drug-likeness (QED) is 0.452. The third-order valence-corrected chi connectivity index (χ3v) is 6.83. The van der Waals surface area contributed by atoms with Crippen LogP contribution >= 0.6 is 0 Å². The lowest BCUT2D eigenvalue weighted by molar-refractivity contribution is -0.142. The Morgan fingerprint density at radius 1 is 1.15 bits per heavy atom. The zero-order valence-corrected chi connectivity index (χ0v) is 20.3. The minimum atomic E-state index is -0.885. The Balaban J connectivity index is 1.90. The number of methoxy groups -OCH3 is 1. The van der Waals surface area contributed by atoms with Crippen molar-refractivity contribution in [2.45, 2.75) is 58.2 Å². The zero-order valence-electron chi connectivity index (χ0n) is 20.3. The Morgan fingerprint density at radius 2 is 1.88 bits per heavy atom. The van der Waals surface area contributed by atoms with E-state index < -0.39 is 29.7 Å². The number of anilines is 1. The number of hydrogen-bond donors (Lipinski definition) is 3. The van der Waals surface area contributed by atoms with Crippen molar-refractivity contribution in [3.8, 4) is 5.75 Å². The molecule has 2 heterocycles. The predicted molar refractivity (Wildman–Crippen MR) is 130 cm³/mol. The number of esters is 1. The van der Waals surface area contributed by atoms with Crippen LogP contribution in [0.5, 0.6) is 5.75 Å². The number of nitrogens with one attached hydrogen (secondary N) is 2. The SMILES string of the molecule is CO[C@H]1C/C=C/c2cc(NCC3CCNCC3)cc(O)c2C(=O)O[C@@H](C)[C@H](C)CCC(=O)C1=O. The number of phenols is 1. The normalized spacial score (nSPS) is 26.3. The van der Waals surface area contributed by atoms with Gasteiger partial charge in [0.2, 0.25) is 11.6 Å². The smallest absolute Gasteiger partial charge is 0.342 e. The molecule has 0 bridgehead atoms. The van der Waals surface area contributed by atoms with Crippen LogP contribution in [0.4, 0.5) is 5.69 Å². The highest BCUT2D eigenvalue weighted by Gasteiger charge is 2.28. The molecule has 0 saturated carbocycles. The number of cyclic esters (lactones) is 1. The maximum absolute atomic E-state index is 13.0. The van der Waals surface area contributed by atoms with E-state index in [1.807, 2.05) is 6.92 Å². The minimum absolute atomic E-state index is 0.0688. The van der Waals surface area contributed by atoms with Crippen LogP contribution < -0.4 is 10.6 Å². The highest BCUT2D eigenvalue weighted by molar-refractivity contribution is 6.38. The van der Waals surface area contributed by atoms with Gasteiger partial charge in [-0.1, -0.05) is 19.1 Å². The van der Waals surface area contributed by atoms with Crippen LogP contribution in [0.15, 0.2) is 18.2 Å². The summed E-state index contributed by atoms with van der Waals surface area (Å²) in [7, 11) is 1.40. The fourth-order valence-corrected chi connectivity index (χ4v) is 4.32. The van der Waals surface area contributed by atoms with E-state index >= 15 is 0 Å². The number of ether oxygens (including phenoxy) is 2. The molecule has 0 amide bonds. The van der Waals surface area contributed by atoms with Crippen molar-refractivity contribution in [2.75, 3.05) is 32.1 Å². The molecule has 1 fully saturated rings. The number of aromatic hydroxyl groups is 1. The summed E-state index contributed by atoms with van der Waals surface area (Å²) in [5.74, 6) is -1.43. The molecule has 8 heteroatoms. The summed E-state index contributed by atoms with van der Waals surface area (Å²) in [4.78, 5) is 37.9. The van der Waals surface area contributed by atoms with E-state index in [9.17, 15) is 19.5 Å². The molecule has 0 unspecified atom stereocenters. The second kappa shape index (κ2) is 12.1. The largest absolute Gasteiger partial charge is 0.507 e. The molecule has 0 aliphatic carbocycles. The molecule has 0 radical (unpaired) electrons. The number of fused-ring (bicyclic) bond motifs is 1. The van der Waals surface area contributed by atoms with E-state index in [2.05, 4.69) is 10.6 Å². The maximum atomic E-state index is 13.0. The molecule has 1 aromatic carbocycles. The number of carbonyl (C=O) groups excluding carboxylic acids is 3. The third-order valence-electron chi connectivity index (χ3n) is 6.83. The van der Waals surface area contributed by atoms with Gasteiger partial charge in [0.1, 0.15) is 23.5 Å². The summed E-state index contributed by atoms with van der Waals surface area (Å²) >= 11 is 0. The highest BCUT2D eigenvalue weighted by atomic mass is 16.5. The zero-order chi connectivity index (χ0) is 24.7. The molecule has 0 aromatic heterocycles. The lowest BCUT2D eigenvalue weighted by atomic mass is 9.95. The monoisotopic (exact) mass is 472 g/mol. The molecule has 186 valence electrons. The maximum Gasteiger partial charge on any atom is 0.342 e. The van der Waals surface area contributed by atoms with Gasteiger partial charge in [0.05, 0.1) is 0 Å². The van der Waals surface area contributed by atoms with Gasteiger partial charge in [-0.3, -0.25) is 9.59 Å². The van der Waals surface area contributed by atoms with E-state index in [1.165, 1.54) is 7.11 Å². The van der Waals surface area contributed by atoms with Crippen molar-refractivity contribution in [1.29, 1.82) is 0 Å². The van der Waals surface area contributed by atoms with Crippen LogP contribution in [0.3, 0.4) is 0 Å². The highest BCUT2D eigenvalue weighted by Crippen LogP contribution is 2.30. The number of ketones is 2. The molecular formula is C26H36N2O6. The summed E-state index contributed by atoms with van der Waals surface area (Å²) in [5.41, 5.74) is 1.25. The number of carbonyl (C=O) groups is 3. The second-order valence-corrected chi connectivity index (χ2v) is 9.31. The van der Waals surface area contributed by atoms with Crippen LogP contribution in [0.1, 0.15) is 61.9 Å². The van der Waals surface area contributed by atoms with E-state index in [1.54, 1.807) is 31.2 Å². The standard InChI is InChI=1S/C26H36N2O6/c1-16-7-8-21(29)25(31)23(33-3)6-4-5-19-13-20(28-15-18-9-11-27-12-10-18)14-22(30)24(19)26(32)34-17(16)2/h4-5,13-14,16-18,23,27-28,30H,6-12,15H2,1-3H3/b5-4+/t16-,17+,23+/m1/s1. The topological polar surface area (TPSA) is 114 Å². The first-order valence-electron chi connectivity index (χ1n) is 12.1. The van der Waals surface area contributed by atoms with E-state index in [4.69, 9.17) is 9.47 Å². The van der Waals surface area contributed by atoms with Gasteiger partial charge in [0, 0.05) is 31.8 Å². The molecule has 3 rings (SSSR count). The first-order valence-corrected chi connectivity index (χ1v) is 12.1. The molecular weight excluding hydrogens is 436 g/mol. The van der Waals surface area contributed by atoms with Crippen molar-refractivity contribution in [3.63, 3.8) is 0 Å². The van der Waals surface area contributed by atoms with Gasteiger partial charge in [-0.15, -0.1) is 0 Å². The van der Waals surface area contributed by atoms with Gasteiger partial charge in [0.15, 0.2) is 0 Å². The number of hydrogen-bond acceptors (Lipinski definition) is 8. The molecule has 2 aliphatic heterocycles. The van der Waals surface area contributed by atoms with E-state index in [0.29, 0.717) is 23.6 Å². The van der Waals surface area contributed by atoms with Crippen molar-refractivity contribution in [2.24, 2.45) is 11.8 Å². The number of piperidine rings is 1. The first-order chi connectivity index (χ1) is 16.3. The molecule has 2 aliphatic rings. The molecule has 8 nitrogen and oxygen atoms in total. The van der Waals surface area contributed by atoms with E-state index in [0.717, 1.165) is 32.5 Å². The number of Topliss-reactive ketones (excluding diaryl/α,β-unsaturated/α-hetero) is 2. The van der Waals surface area contributed by atoms with Gasteiger partial charge in [0.25, 0.3) is 0 Å². The Hall–Kier alpha value is -2.71. The number of benzene rings is 1. The van der Waals surface area contributed by atoms with Crippen molar-refractivity contribution in [1.82, 2.24) is 5.32 Å². The fourth-order valence-electron chi connectivity index (χ4n) is 4.32. The second-order valence-electron chi connectivity index (χ2n) is 9.31. The van der Waals surface area contributed by atoms with Gasteiger partial charge in [-0.25, -0.2) is 4.79 Å². The molecule has 3 N–H and O–H groups in total. The number of phenolic OH excluding ortho intramolecular Hbond substituents is 1.